The molecule has 0 fully saturated rings. The normalized spacial score (nSPS) is 21.2. The van der Waals surface area contributed by atoms with Gasteiger partial charge in [-0.1, -0.05) is 24.3 Å². The van der Waals surface area contributed by atoms with Crippen molar-refractivity contribution in [1.82, 2.24) is 19.9 Å². The van der Waals surface area contributed by atoms with Gasteiger partial charge in [-0.2, -0.15) is 5.10 Å². The number of nitrogens with zero attached hydrogens (tertiary/aromatic N) is 3. The third-order valence-electron chi connectivity index (χ3n) is 4.98. The van der Waals surface area contributed by atoms with Crippen LogP contribution in [0.2, 0.25) is 0 Å². The van der Waals surface area contributed by atoms with Gasteiger partial charge in [-0.25, -0.2) is 9.50 Å². The topological polar surface area (TPSA) is 62.5 Å². The Morgan fingerprint density at radius 2 is 2.08 bits per heavy atom. The highest BCUT2D eigenvalue weighted by atomic mass is 16.3. The zero-order chi connectivity index (χ0) is 16.8. The lowest BCUT2D eigenvalue weighted by atomic mass is 10.0. The van der Waals surface area contributed by atoms with Gasteiger partial charge >= 0.3 is 0 Å². The Kier molecular flexibility index (Phi) is 3.62. The molecule has 1 aliphatic carbocycles. The van der Waals surface area contributed by atoms with Crippen molar-refractivity contribution in [2.24, 2.45) is 0 Å². The molecule has 5 heteroatoms. The van der Waals surface area contributed by atoms with Crippen molar-refractivity contribution in [1.29, 1.82) is 0 Å². The molecule has 1 aliphatic rings. The summed E-state index contributed by atoms with van der Waals surface area (Å²) in [7, 11) is 0. The Morgan fingerprint density at radius 3 is 2.92 bits per heavy atom. The van der Waals surface area contributed by atoms with Crippen LogP contribution in [0.3, 0.4) is 0 Å². The quantitative estimate of drug-likeness (QED) is 0.778. The van der Waals surface area contributed by atoms with Crippen LogP contribution in [0.1, 0.15) is 47.1 Å². The summed E-state index contributed by atoms with van der Waals surface area (Å²) < 4.78 is 1.89. The number of aliphatic hydroxyl groups is 1. The lowest BCUT2D eigenvalue weighted by molar-refractivity contribution is 0.136. The van der Waals surface area contributed by atoms with Crippen LogP contribution in [0, 0.1) is 13.8 Å². The maximum absolute atomic E-state index is 10.5. The highest BCUT2D eigenvalue weighted by molar-refractivity contribution is 5.42. The second-order valence-corrected chi connectivity index (χ2v) is 6.69. The second-order valence-electron chi connectivity index (χ2n) is 6.69. The molecular formula is C19H22N4O. The van der Waals surface area contributed by atoms with Gasteiger partial charge in [0.15, 0.2) is 5.65 Å². The van der Waals surface area contributed by atoms with Crippen LogP contribution in [-0.2, 0) is 6.42 Å². The van der Waals surface area contributed by atoms with Gasteiger partial charge in [0.2, 0.25) is 0 Å². The average Bonchev–Trinajstić information content (AvgIpc) is 3.08. The standard InChI is InChI=1S/C19H22N4O/c1-11-8-18-20-10-16(13(3)23(18)22-11)12(2)21-19-15-7-5-4-6-14(15)9-17(19)24/h4-8,10,12,17,19,21,24H,9H2,1-3H3. The van der Waals surface area contributed by atoms with Gasteiger partial charge in [0.25, 0.3) is 0 Å². The zero-order valence-corrected chi connectivity index (χ0v) is 14.2. The minimum atomic E-state index is -0.395. The molecule has 4 rings (SSSR count). The summed E-state index contributed by atoms with van der Waals surface area (Å²) in [5.41, 5.74) is 6.42. The molecular weight excluding hydrogens is 300 g/mol. The minimum absolute atomic E-state index is 0.0503. The van der Waals surface area contributed by atoms with Crippen molar-refractivity contribution >= 4 is 5.65 Å². The van der Waals surface area contributed by atoms with Crippen molar-refractivity contribution in [2.75, 3.05) is 0 Å². The van der Waals surface area contributed by atoms with Gasteiger partial charge in [-0.05, 0) is 31.9 Å². The predicted octanol–water partition coefficient (Wildman–Crippen LogP) is 2.66. The van der Waals surface area contributed by atoms with Crippen LogP contribution < -0.4 is 5.32 Å². The molecule has 3 aromatic rings. The molecule has 0 saturated heterocycles. The number of aliphatic hydroxyl groups excluding tert-OH is 1. The SMILES string of the molecule is Cc1cc2ncc(C(C)NC3c4ccccc4CC3O)c(C)n2n1. The van der Waals surface area contributed by atoms with E-state index >= 15 is 0 Å². The summed E-state index contributed by atoms with van der Waals surface area (Å²) in [5.74, 6) is 0. The predicted molar refractivity (Wildman–Crippen MR) is 92.9 cm³/mol. The van der Waals surface area contributed by atoms with Crippen LogP contribution in [0.4, 0.5) is 0 Å². The van der Waals surface area contributed by atoms with E-state index < -0.39 is 6.10 Å². The maximum Gasteiger partial charge on any atom is 0.155 e. The number of aryl methyl sites for hydroxylation is 2. The Hall–Kier alpha value is -2.24. The first-order chi connectivity index (χ1) is 11.5. The Bertz CT molecular complexity index is 902. The van der Waals surface area contributed by atoms with Crippen LogP contribution >= 0.6 is 0 Å². The van der Waals surface area contributed by atoms with E-state index in [4.69, 9.17) is 0 Å². The molecule has 3 unspecified atom stereocenters. The molecule has 0 aliphatic heterocycles. The van der Waals surface area contributed by atoms with Crippen LogP contribution in [0.15, 0.2) is 36.5 Å². The van der Waals surface area contributed by atoms with E-state index in [1.165, 1.54) is 11.1 Å². The van der Waals surface area contributed by atoms with Crippen LogP contribution in [-0.4, -0.2) is 25.8 Å². The number of fused-ring (bicyclic) bond motifs is 2. The molecule has 5 nitrogen and oxygen atoms in total. The molecule has 0 spiro atoms. The van der Waals surface area contributed by atoms with E-state index in [-0.39, 0.29) is 12.1 Å². The number of aromatic nitrogens is 3. The largest absolute Gasteiger partial charge is 0.391 e. The molecule has 0 saturated carbocycles. The number of rotatable bonds is 3. The van der Waals surface area contributed by atoms with E-state index in [2.05, 4.69) is 41.4 Å². The van der Waals surface area contributed by atoms with E-state index in [1.54, 1.807) is 0 Å². The van der Waals surface area contributed by atoms with Gasteiger partial charge < -0.3 is 10.4 Å². The first-order valence-corrected chi connectivity index (χ1v) is 8.38. The monoisotopic (exact) mass is 322 g/mol. The Balaban J connectivity index is 1.65. The van der Waals surface area contributed by atoms with E-state index in [0.717, 1.165) is 22.6 Å². The van der Waals surface area contributed by atoms with Crippen LogP contribution in [0.5, 0.6) is 0 Å². The molecule has 2 heterocycles. The maximum atomic E-state index is 10.5. The van der Waals surface area contributed by atoms with Gasteiger partial charge in [0.1, 0.15) is 0 Å². The number of hydrogen-bond donors (Lipinski definition) is 2. The number of nitrogens with one attached hydrogen (secondary N) is 1. The molecule has 0 amide bonds. The summed E-state index contributed by atoms with van der Waals surface area (Å²) in [6.07, 6.45) is 2.22. The molecule has 0 radical (unpaired) electrons. The second kappa shape index (κ2) is 5.69. The summed E-state index contributed by atoms with van der Waals surface area (Å²) in [6, 6.07) is 10.2. The van der Waals surface area contributed by atoms with E-state index in [9.17, 15) is 5.11 Å². The lowest BCUT2D eigenvalue weighted by Crippen LogP contribution is -2.31. The van der Waals surface area contributed by atoms with Crippen molar-refractivity contribution in [3.8, 4) is 0 Å². The van der Waals surface area contributed by atoms with Gasteiger partial charge in [-0.15, -0.1) is 0 Å². The van der Waals surface area contributed by atoms with Crippen molar-refractivity contribution < 1.29 is 5.11 Å². The smallest absolute Gasteiger partial charge is 0.155 e. The summed E-state index contributed by atoms with van der Waals surface area (Å²) in [6.45, 7) is 6.15. The Morgan fingerprint density at radius 1 is 1.29 bits per heavy atom. The van der Waals surface area contributed by atoms with Crippen molar-refractivity contribution in [2.45, 2.75) is 45.4 Å². The van der Waals surface area contributed by atoms with E-state index in [0.29, 0.717) is 6.42 Å². The first kappa shape index (κ1) is 15.3. The lowest BCUT2D eigenvalue weighted by Gasteiger charge is -2.24. The zero-order valence-electron chi connectivity index (χ0n) is 14.2. The molecule has 124 valence electrons. The highest BCUT2D eigenvalue weighted by Crippen LogP contribution is 2.33. The van der Waals surface area contributed by atoms with Gasteiger partial charge in [-0.3, -0.25) is 0 Å². The molecule has 1 aromatic carbocycles. The van der Waals surface area contributed by atoms with Crippen molar-refractivity contribution in [3.63, 3.8) is 0 Å². The first-order valence-electron chi connectivity index (χ1n) is 8.38. The molecule has 24 heavy (non-hydrogen) atoms. The summed E-state index contributed by atoms with van der Waals surface area (Å²) >= 11 is 0. The molecule has 3 atom stereocenters. The molecule has 2 N–H and O–H groups in total. The van der Waals surface area contributed by atoms with Crippen LogP contribution in [0.25, 0.3) is 5.65 Å². The Labute approximate surface area is 141 Å². The fourth-order valence-electron chi connectivity index (χ4n) is 3.73. The van der Waals surface area contributed by atoms with Gasteiger partial charge in [0.05, 0.1) is 17.8 Å². The molecule has 0 bridgehead atoms. The summed E-state index contributed by atoms with van der Waals surface area (Å²) in [4.78, 5) is 4.52. The fraction of sp³-hybridized carbons (Fsp3) is 0.368. The number of benzene rings is 1. The van der Waals surface area contributed by atoms with Crippen molar-refractivity contribution in [3.05, 3.63) is 64.6 Å². The fourth-order valence-corrected chi connectivity index (χ4v) is 3.73. The van der Waals surface area contributed by atoms with E-state index in [1.807, 2.05) is 35.8 Å². The third kappa shape index (κ3) is 2.41. The highest BCUT2D eigenvalue weighted by Gasteiger charge is 2.32. The number of hydrogen-bond acceptors (Lipinski definition) is 4. The molecule has 2 aromatic heterocycles. The minimum Gasteiger partial charge on any atom is -0.391 e. The third-order valence-corrected chi connectivity index (χ3v) is 4.98. The average molecular weight is 322 g/mol. The summed E-state index contributed by atoms with van der Waals surface area (Å²) in [5, 5.41) is 18.6. The van der Waals surface area contributed by atoms with Gasteiger partial charge in [0, 0.05) is 36.0 Å².